The Bertz CT molecular complexity index is 1290. The SMILES string of the molecule is COc1ccc(/C=N\NS(=O)(=O)c2ccc(C(C)C)cc2)cc1Cn1nc(C(F)F)cc1C(F)F. The van der Waals surface area contributed by atoms with E-state index in [1.807, 2.05) is 13.8 Å². The topological polar surface area (TPSA) is 85.6 Å². The van der Waals surface area contributed by atoms with Crippen LogP contribution in [0.1, 0.15) is 60.7 Å². The van der Waals surface area contributed by atoms with Gasteiger partial charge in [-0.1, -0.05) is 26.0 Å². The molecule has 0 saturated carbocycles. The van der Waals surface area contributed by atoms with E-state index < -0.39 is 34.3 Å². The van der Waals surface area contributed by atoms with Gasteiger partial charge in [0.1, 0.15) is 17.1 Å². The molecule has 3 aromatic rings. The second-order valence-corrected chi connectivity index (χ2v) is 9.56. The molecule has 0 amide bonds. The lowest BCUT2D eigenvalue weighted by Gasteiger charge is -2.12. The summed E-state index contributed by atoms with van der Waals surface area (Å²) in [7, 11) is -2.54. The third-order valence-electron chi connectivity index (χ3n) is 5.15. The first kappa shape index (κ1) is 26.2. The molecule has 1 N–H and O–H groups in total. The van der Waals surface area contributed by atoms with Gasteiger partial charge in [0.15, 0.2) is 0 Å². The molecule has 2 aromatic carbocycles. The van der Waals surface area contributed by atoms with Gasteiger partial charge in [-0.25, -0.2) is 22.4 Å². The highest BCUT2D eigenvalue weighted by Crippen LogP contribution is 2.28. The van der Waals surface area contributed by atoms with Gasteiger partial charge in [-0.05, 0) is 53.4 Å². The van der Waals surface area contributed by atoms with E-state index in [2.05, 4.69) is 15.0 Å². The number of aromatic nitrogens is 2. The predicted molar refractivity (Wildman–Crippen MR) is 123 cm³/mol. The quantitative estimate of drug-likeness (QED) is 0.228. The minimum atomic E-state index is -3.91. The number of alkyl halides is 4. The number of hydrogen-bond acceptors (Lipinski definition) is 5. The van der Waals surface area contributed by atoms with Gasteiger partial charge < -0.3 is 4.74 Å². The number of benzene rings is 2. The zero-order valence-corrected chi connectivity index (χ0v) is 19.9. The van der Waals surface area contributed by atoms with E-state index >= 15 is 0 Å². The Morgan fingerprint density at radius 1 is 1.06 bits per heavy atom. The van der Waals surface area contributed by atoms with Crippen LogP contribution in [-0.2, 0) is 16.6 Å². The molecule has 1 aromatic heterocycles. The summed E-state index contributed by atoms with van der Waals surface area (Å²) in [6.45, 7) is 3.71. The second kappa shape index (κ2) is 10.9. The monoisotopic (exact) mass is 512 g/mol. The normalized spacial score (nSPS) is 12.3. The highest BCUT2D eigenvalue weighted by Gasteiger charge is 2.22. The fourth-order valence-electron chi connectivity index (χ4n) is 3.28. The van der Waals surface area contributed by atoms with Crippen molar-refractivity contribution in [2.75, 3.05) is 7.11 Å². The molecule has 0 atom stereocenters. The average Bonchev–Trinajstić information content (AvgIpc) is 3.24. The van der Waals surface area contributed by atoms with E-state index in [-0.39, 0.29) is 17.4 Å². The van der Waals surface area contributed by atoms with Crippen LogP contribution in [0.5, 0.6) is 5.75 Å². The molecule has 7 nitrogen and oxygen atoms in total. The Kier molecular flexibility index (Phi) is 8.15. The lowest BCUT2D eigenvalue weighted by Crippen LogP contribution is -2.18. The number of nitrogens with zero attached hydrogens (tertiary/aromatic N) is 3. The zero-order chi connectivity index (χ0) is 25.8. The molecule has 3 rings (SSSR count). The summed E-state index contributed by atoms with van der Waals surface area (Å²) in [5, 5.41) is 7.36. The van der Waals surface area contributed by atoms with Crippen LogP contribution in [0.15, 0.2) is 58.5 Å². The number of hydrogen-bond donors (Lipinski definition) is 1. The van der Waals surface area contributed by atoms with Crippen LogP contribution in [0, 0.1) is 0 Å². The van der Waals surface area contributed by atoms with Crippen molar-refractivity contribution in [1.29, 1.82) is 0 Å². The third-order valence-corrected chi connectivity index (χ3v) is 6.38. The van der Waals surface area contributed by atoms with Gasteiger partial charge in [-0.15, -0.1) is 0 Å². The Hall–Kier alpha value is -3.41. The summed E-state index contributed by atoms with van der Waals surface area (Å²) in [6.07, 6.45) is -4.77. The van der Waals surface area contributed by atoms with Gasteiger partial charge in [0.25, 0.3) is 22.9 Å². The minimum Gasteiger partial charge on any atom is -0.496 e. The van der Waals surface area contributed by atoms with Crippen molar-refractivity contribution in [2.24, 2.45) is 5.10 Å². The summed E-state index contributed by atoms with van der Waals surface area (Å²) in [5.41, 5.74) is 0.351. The summed E-state index contributed by atoms with van der Waals surface area (Å²) >= 11 is 0. The number of hydrazone groups is 1. The smallest absolute Gasteiger partial charge is 0.282 e. The number of ether oxygens (including phenoxy) is 1. The molecule has 0 aliphatic carbocycles. The molecule has 0 bridgehead atoms. The van der Waals surface area contributed by atoms with Gasteiger partial charge in [0, 0.05) is 5.56 Å². The molecule has 1 heterocycles. The maximum atomic E-state index is 13.3. The first-order valence-corrected chi connectivity index (χ1v) is 12.0. The van der Waals surface area contributed by atoms with Crippen LogP contribution >= 0.6 is 0 Å². The zero-order valence-electron chi connectivity index (χ0n) is 19.1. The standard InChI is InChI=1S/C23H24F4N4O3S/c1-14(2)16-5-7-18(8-6-16)35(32,33)30-28-12-15-4-9-21(34-3)17(10-15)13-31-20(23(26)27)11-19(29-31)22(24)25/h4-12,14,22-23,30H,13H2,1-3H3/b28-12-. The average molecular weight is 513 g/mol. The van der Waals surface area contributed by atoms with Crippen LogP contribution < -0.4 is 9.57 Å². The minimum absolute atomic E-state index is 0.0440. The molecule has 35 heavy (non-hydrogen) atoms. The van der Waals surface area contributed by atoms with Crippen molar-refractivity contribution >= 4 is 16.2 Å². The van der Waals surface area contributed by atoms with E-state index in [9.17, 15) is 26.0 Å². The molecule has 0 radical (unpaired) electrons. The highest BCUT2D eigenvalue weighted by atomic mass is 32.2. The summed E-state index contributed by atoms with van der Waals surface area (Å²) < 4.78 is 83.6. The van der Waals surface area contributed by atoms with E-state index in [0.717, 1.165) is 10.2 Å². The second-order valence-electron chi connectivity index (χ2n) is 7.90. The molecule has 0 aliphatic heterocycles. The van der Waals surface area contributed by atoms with Gasteiger partial charge in [-0.2, -0.15) is 18.6 Å². The van der Waals surface area contributed by atoms with Crippen LogP contribution in [0.3, 0.4) is 0 Å². The first-order chi connectivity index (χ1) is 16.5. The van der Waals surface area contributed by atoms with Crippen molar-refractivity contribution in [2.45, 2.75) is 44.1 Å². The molecule has 188 valence electrons. The van der Waals surface area contributed by atoms with Crippen LogP contribution in [0.2, 0.25) is 0 Å². The maximum Gasteiger partial charge on any atom is 0.282 e. The molecule has 0 aliphatic rings. The van der Waals surface area contributed by atoms with E-state index in [1.165, 1.54) is 37.6 Å². The fraction of sp³-hybridized carbons (Fsp3) is 0.304. The number of nitrogens with one attached hydrogen (secondary N) is 1. The first-order valence-electron chi connectivity index (χ1n) is 10.5. The van der Waals surface area contributed by atoms with Gasteiger partial charge in [-0.3, -0.25) is 4.68 Å². The maximum absolute atomic E-state index is 13.3. The lowest BCUT2D eigenvalue weighted by atomic mass is 10.0. The van der Waals surface area contributed by atoms with Crippen molar-refractivity contribution in [1.82, 2.24) is 14.6 Å². The Morgan fingerprint density at radius 3 is 2.31 bits per heavy atom. The summed E-state index contributed by atoms with van der Waals surface area (Å²) in [5.74, 6) is 0.560. The third kappa shape index (κ3) is 6.38. The fourth-order valence-corrected chi connectivity index (χ4v) is 4.07. The van der Waals surface area contributed by atoms with Gasteiger partial charge in [0.05, 0.1) is 24.8 Å². The van der Waals surface area contributed by atoms with Crippen molar-refractivity contribution < 1.29 is 30.7 Å². The van der Waals surface area contributed by atoms with Crippen LogP contribution in [0.4, 0.5) is 17.6 Å². The Labute approximate surface area is 200 Å². The van der Waals surface area contributed by atoms with Crippen molar-refractivity contribution in [3.63, 3.8) is 0 Å². The molecular weight excluding hydrogens is 488 g/mol. The Morgan fingerprint density at radius 2 is 1.74 bits per heavy atom. The molecule has 0 saturated heterocycles. The van der Waals surface area contributed by atoms with Crippen molar-refractivity contribution in [3.05, 3.63) is 76.6 Å². The lowest BCUT2D eigenvalue weighted by molar-refractivity contribution is 0.139. The van der Waals surface area contributed by atoms with Crippen molar-refractivity contribution in [3.8, 4) is 5.75 Å². The van der Waals surface area contributed by atoms with Crippen LogP contribution in [0.25, 0.3) is 0 Å². The molecule has 0 spiro atoms. The van der Waals surface area contributed by atoms with Gasteiger partial charge >= 0.3 is 0 Å². The highest BCUT2D eigenvalue weighted by molar-refractivity contribution is 7.89. The number of rotatable bonds is 10. The molecular formula is C23H24F4N4O3S. The largest absolute Gasteiger partial charge is 0.496 e. The summed E-state index contributed by atoms with van der Waals surface area (Å²) in [4.78, 5) is 2.16. The van der Waals surface area contributed by atoms with E-state index in [1.54, 1.807) is 18.2 Å². The van der Waals surface area contributed by atoms with Gasteiger partial charge in [0.2, 0.25) is 0 Å². The molecule has 0 fully saturated rings. The van der Waals surface area contributed by atoms with E-state index in [0.29, 0.717) is 22.9 Å². The summed E-state index contributed by atoms with van der Waals surface area (Å²) in [6, 6.07) is 11.7. The number of methoxy groups -OCH3 is 1. The predicted octanol–water partition coefficient (Wildman–Crippen LogP) is 5.25. The number of halogens is 4. The molecule has 0 unspecified atom stereocenters. The van der Waals surface area contributed by atoms with Crippen LogP contribution in [-0.4, -0.2) is 31.5 Å². The Balaban J connectivity index is 1.81. The molecule has 12 heteroatoms. The number of sulfonamides is 1. The van der Waals surface area contributed by atoms with E-state index in [4.69, 9.17) is 4.74 Å².